The first kappa shape index (κ1) is 18.5. The van der Waals surface area contributed by atoms with Crippen LogP contribution in [0.15, 0.2) is 42.5 Å². The molecule has 1 aromatic heterocycles. The predicted molar refractivity (Wildman–Crippen MR) is 110 cm³/mol. The third-order valence-electron chi connectivity index (χ3n) is 5.51. The van der Waals surface area contributed by atoms with Crippen LogP contribution in [0.2, 0.25) is 0 Å². The summed E-state index contributed by atoms with van der Waals surface area (Å²) in [6.07, 6.45) is 0.817. The number of piperazine rings is 1. The number of aliphatic hydroxyl groups excluding tert-OH is 1. The summed E-state index contributed by atoms with van der Waals surface area (Å²) in [4.78, 5) is 5.03. The van der Waals surface area contributed by atoms with E-state index in [9.17, 15) is 5.11 Å². The van der Waals surface area contributed by atoms with Gasteiger partial charge in [-0.15, -0.1) is 0 Å². The molecule has 0 radical (unpaired) electrons. The number of aliphatic hydroxyl groups is 1. The van der Waals surface area contributed by atoms with Crippen molar-refractivity contribution in [1.82, 2.24) is 18.5 Å². The summed E-state index contributed by atoms with van der Waals surface area (Å²) in [5.41, 5.74) is 5.97. The Balaban J connectivity index is 1.43. The number of fused-ring (bicyclic) bond motifs is 1. The van der Waals surface area contributed by atoms with Gasteiger partial charge in [-0.2, -0.15) is 8.75 Å². The van der Waals surface area contributed by atoms with E-state index in [4.69, 9.17) is 0 Å². The number of aromatic nitrogens is 2. The van der Waals surface area contributed by atoms with E-state index in [0.29, 0.717) is 6.04 Å². The standard InChI is InChI=1S/C21H26N4OS/c1-16-4-2-3-5-18(16)14-25-10-9-24(15-19(25)8-11-26)13-17-6-7-20-21(12-17)23-27-22-20/h2-7,12,19,26H,8-11,13-15H2,1H3. The Labute approximate surface area is 164 Å². The third-order valence-corrected chi connectivity index (χ3v) is 6.07. The van der Waals surface area contributed by atoms with E-state index in [1.54, 1.807) is 0 Å². The lowest BCUT2D eigenvalue weighted by Gasteiger charge is -2.41. The minimum Gasteiger partial charge on any atom is -0.396 e. The first-order chi connectivity index (χ1) is 13.2. The van der Waals surface area contributed by atoms with E-state index in [-0.39, 0.29) is 6.61 Å². The van der Waals surface area contributed by atoms with Crippen LogP contribution in [-0.4, -0.2) is 55.9 Å². The Morgan fingerprint density at radius 2 is 1.93 bits per heavy atom. The molecule has 0 spiro atoms. The highest BCUT2D eigenvalue weighted by Gasteiger charge is 2.27. The highest BCUT2D eigenvalue weighted by Crippen LogP contribution is 2.21. The van der Waals surface area contributed by atoms with E-state index >= 15 is 0 Å². The van der Waals surface area contributed by atoms with Crippen LogP contribution >= 0.6 is 11.7 Å². The van der Waals surface area contributed by atoms with Crippen LogP contribution < -0.4 is 0 Å². The molecule has 1 unspecified atom stereocenters. The minimum atomic E-state index is 0.235. The van der Waals surface area contributed by atoms with Gasteiger partial charge in [0.1, 0.15) is 11.0 Å². The van der Waals surface area contributed by atoms with Crippen LogP contribution in [0.1, 0.15) is 23.1 Å². The molecule has 142 valence electrons. The lowest BCUT2D eigenvalue weighted by atomic mass is 10.0. The maximum absolute atomic E-state index is 9.57. The number of benzene rings is 2. The highest BCUT2D eigenvalue weighted by molar-refractivity contribution is 7.00. The van der Waals surface area contributed by atoms with Crippen molar-refractivity contribution in [2.24, 2.45) is 0 Å². The van der Waals surface area contributed by atoms with Crippen molar-refractivity contribution >= 4 is 22.8 Å². The van der Waals surface area contributed by atoms with Gasteiger partial charge in [-0.3, -0.25) is 9.80 Å². The van der Waals surface area contributed by atoms with Crippen LogP contribution in [-0.2, 0) is 13.1 Å². The van der Waals surface area contributed by atoms with Crippen LogP contribution in [0.3, 0.4) is 0 Å². The topological polar surface area (TPSA) is 52.5 Å². The average Bonchev–Trinajstić information content (AvgIpc) is 3.13. The molecule has 1 atom stereocenters. The zero-order valence-corrected chi connectivity index (χ0v) is 16.5. The van der Waals surface area contributed by atoms with Crippen molar-refractivity contribution in [2.75, 3.05) is 26.2 Å². The lowest BCUT2D eigenvalue weighted by molar-refractivity contribution is 0.0499. The summed E-state index contributed by atoms with van der Waals surface area (Å²) in [6.45, 7) is 7.35. The lowest BCUT2D eigenvalue weighted by Crippen LogP contribution is -2.52. The number of hydrogen-bond donors (Lipinski definition) is 1. The average molecular weight is 383 g/mol. The summed E-state index contributed by atoms with van der Waals surface area (Å²) in [5.74, 6) is 0. The molecule has 1 aliphatic rings. The summed E-state index contributed by atoms with van der Waals surface area (Å²) in [7, 11) is 0. The predicted octanol–water partition coefficient (Wildman–Crippen LogP) is 3.07. The zero-order valence-electron chi connectivity index (χ0n) is 15.7. The van der Waals surface area contributed by atoms with Crippen molar-refractivity contribution in [3.05, 3.63) is 59.2 Å². The molecule has 27 heavy (non-hydrogen) atoms. The molecule has 4 rings (SSSR count). The third kappa shape index (κ3) is 4.35. The molecule has 3 aromatic rings. The molecule has 0 bridgehead atoms. The molecule has 1 aliphatic heterocycles. The first-order valence-electron chi connectivity index (χ1n) is 9.56. The minimum absolute atomic E-state index is 0.235. The van der Waals surface area contributed by atoms with Gasteiger partial charge < -0.3 is 5.11 Å². The number of hydrogen-bond acceptors (Lipinski definition) is 6. The largest absolute Gasteiger partial charge is 0.396 e. The fourth-order valence-corrected chi connectivity index (χ4v) is 4.44. The molecule has 0 saturated carbocycles. The van der Waals surface area contributed by atoms with Crippen LogP contribution in [0.25, 0.3) is 11.0 Å². The fourth-order valence-electron chi connectivity index (χ4n) is 3.92. The summed E-state index contributed by atoms with van der Waals surface area (Å²) < 4.78 is 8.64. The molecule has 5 nitrogen and oxygen atoms in total. The van der Waals surface area contributed by atoms with Crippen LogP contribution in [0, 0.1) is 6.92 Å². The highest BCUT2D eigenvalue weighted by atomic mass is 32.1. The zero-order chi connectivity index (χ0) is 18.6. The number of rotatable bonds is 6. The van der Waals surface area contributed by atoms with E-state index in [1.807, 2.05) is 0 Å². The second kappa shape index (κ2) is 8.44. The quantitative estimate of drug-likeness (QED) is 0.710. The number of aryl methyl sites for hydroxylation is 1. The van der Waals surface area contributed by atoms with Crippen molar-refractivity contribution in [1.29, 1.82) is 0 Å². The SMILES string of the molecule is Cc1ccccc1CN1CCN(Cc2ccc3nsnc3c2)CC1CCO. The van der Waals surface area contributed by atoms with Crippen molar-refractivity contribution in [3.8, 4) is 0 Å². The van der Waals surface area contributed by atoms with Crippen LogP contribution in [0.4, 0.5) is 0 Å². The molecule has 2 heterocycles. The van der Waals surface area contributed by atoms with Gasteiger partial charge in [0.15, 0.2) is 0 Å². The smallest absolute Gasteiger partial charge is 0.105 e. The second-order valence-corrected chi connectivity index (χ2v) is 7.91. The molecule has 1 N–H and O–H groups in total. The Morgan fingerprint density at radius 1 is 1.07 bits per heavy atom. The Kier molecular flexibility index (Phi) is 5.78. The maximum Gasteiger partial charge on any atom is 0.105 e. The summed E-state index contributed by atoms with van der Waals surface area (Å²) in [6, 6.07) is 15.4. The molecular formula is C21H26N4OS. The normalized spacial score (nSPS) is 19.0. The molecule has 0 aliphatic carbocycles. The van der Waals surface area contributed by atoms with E-state index in [2.05, 4.69) is 67.9 Å². The van der Waals surface area contributed by atoms with Crippen molar-refractivity contribution < 1.29 is 5.11 Å². The fraction of sp³-hybridized carbons (Fsp3) is 0.429. The van der Waals surface area contributed by atoms with Gasteiger partial charge >= 0.3 is 0 Å². The molecule has 6 heteroatoms. The molecular weight excluding hydrogens is 356 g/mol. The monoisotopic (exact) mass is 382 g/mol. The van der Waals surface area contributed by atoms with Crippen molar-refractivity contribution in [3.63, 3.8) is 0 Å². The van der Waals surface area contributed by atoms with E-state index in [1.165, 1.54) is 28.4 Å². The van der Waals surface area contributed by atoms with Gasteiger partial charge in [-0.1, -0.05) is 30.3 Å². The van der Waals surface area contributed by atoms with Gasteiger partial charge in [0.05, 0.1) is 11.7 Å². The maximum atomic E-state index is 9.57. The van der Waals surface area contributed by atoms with Gasteiger partial charge in [-0.05, 0) is 42.2 Å². The Morgan fingerprint density at radius 3 is 2.78 bits per heavy atom. The Hall–Kier alpha value is -1.86. The van der Waals surface area contributed by atoms with Gasteiger partial charge in [-0.25, -0.2) is 0 Å². The van der Waals surface area contributed by atoms with Crippen LogP contribution in [0.5, 0.6) is 0 Å². The molecule has 1 fully saturated rings. The van der Waals surface area contributed by atoms with Crippen molar-refractivity contribution in [2.45, 2.75) is 32.5 Å². The van der Waals surface area contributed by atoms with Gasteiger partial charge in [0.2, 0.25) is 0 Å². The summed E-state index contributed by atoms with van der Waals surface area (Å²) >= 11 is 1.27. The molecule has 1 saturated heterocycles. The van der Waals surface area contributed by atoms with Gasteiger partial charge in [0.25, 0.3) is 0 Å². The molecule has 0 amide bonds. The van der Waals surface area contributed by atoms with E-state index < -0.39 is 0 Å². The first-order valence-corrected chi connectivity index (χ1v) is 10.3. The number of nitrogens with zero attached hydrogens (tertiary/aromatic N) is 4. The van der Waals surface area contributed by atoms with Gasteiger partial charge in [0, 0.05) is 45.4 Å². The van der Waals surface area contributed by atoms with E-state index in [0.717, 1.165) is 50.2 Å². The summed E-state index contributed by atoms with van der Waals surface area (Å²) in [5, 5.41) is 9.57. The second-order valence-electron chi connectivity index (χ2n) is 7.39. The molecule has 2 aromatic carbocycles. The Bertz CT molecular complexity index is 897.